The highest BCUT2D eigenvalue weighted by atomic mass is 16.5. The lowest BCUT2D eigenvalue weighted by molar-refractivity contribution is -0.130. The van der Waals surface area contributed by atoms with E-state index in [-0.39, 0.29) is 11.9 Å². The molecule has 1 aromatic heterocycles. The van der Waals surface area contributed by atoms with E-state index in [9.17, 15) is 9.59 Å². The molecule has 1 saturated heterocycles. The van der Waals surface area contributed by atoms with Gasteiger partial charge in [0.1, 0.15) is 5.82 Å². The van der Waals surface area contributed by atoms with E-state index in [0.717, 1.165) is 31.7 Å². The first-order chi connectivity index (χ1) is 13.7. The summed E-state index contributed by atoms with van der Waals surface area (Å²) < 4.78 is 10.9. The second-order valence-electron chi connectivity index (χ2n) is 6.98. The fourth-order valence-electron chi connectivity index (χ4n) is 3.07. The maximum Gasteiger partial charge on any atom is 0.340 e. The minimum absolute atomic E-state index is 0.187. The first-order valence-corrected chi connectivity index (χ1v) is 9.56. The fraction of sp³-hybridized carbons (Fsp3) is 0.381. The predicted molar refractivity (Wildman–Crippen MR) is 103 cm³/mol. The van der Waals surface area contributed by atoms with Crippen LogP contribution in [0.15, 0.2) is 48.7 Å². The Balaban J connectivity index is 1.46. The van der Waals surface area contributed by atoms with Crippen LogP contribution in [-0.4, -0.2) is 49.2 Å². The Labute approximate surface area is 163 Å². The first kappa shape index (κ1) is 18.4. The molecule has 1 atom stereocenters. The normalized spacial score (nSPS) is 17.6. The molecule has 1 aliphatic heterocycles. The van der Waals surface area contributed by atoms with Gasteiger partial charge in [0.05, 0.1) is 18.8 Å². The zero-order chi connectivity index (χ0) is 19.3. The van der Waals surface area contributed by atoms with Crippen LogP contribution in [0, 0.1) is 0 Å². The van der Waals surface area contributed by atoms with Crippen LogP contribution in [0.2, 0.25) is 0 Å². The second-order valence-corrected chi connectivity index (χ2v) is 6.98. The van der Waals surface area contributed by atoms with Crippen LogP contribution in [0.25, 0.3) is 0 Å². The van der Waals surface area contributed by atoms with E-state index in [1.165, 1.54) is 6.20 Å². The summed E-state index contributed by atoms with van der Waals surface area (Å²) in [5.41, 5.74) is 0.962. The molecule has 2 aromatic rings. The molecule has 0 bridgehead atoms. The lowest BCUT2D eigenvalue weighted by Crippen LogP contribution is -2.36. The Morgan fingerprint density at radius 2 is 1.86 bits per heavy atom. The van der Waals surface area contributed by atoms with Gasteiger partial charge in [-0.05, 0) is 25.0 Å². The number of anilines is 1. The molecule has 7 nitrogen and oxygen atoms in total. The van der Waals surface area contributed by atoms with E-state index < -0.39 is 12.1 Å². The van der Waals surface area contributed by atoms with E-state index in [2.05, 4.69) is 15.2 Å². The topological polar surface area (TPSA) is 80.8 Å². The number of carbonyl (C=O) groups is 2. The Morgan fingerprint density at radius 3 is 2.50 bits per heavy atom. The van der Waals surface area contributed by atoms with Gasteiger partial charge in [-0.25, -0.2) is 9.78 Å². The Hall–Kier alpha value is -2.93. The molecule has 2 fully saturated rings. The quantitative estimate of drug-likeness (QED) is 0.772. The Morgan fingerprint density at radius 1 is 1.11 bits per heavy atom. The van der Waals surface area contributed by atoms with E-state index >= 15 is 0 Å². The minimum atomic E-state index is -0.979. The average Bonchev–Trinajstić information content (AvgIpc) is 3.57. The molecule has 1 aliphatic carbocycles. The van der Waals surface area contributed by atoms with Gasteiger partial charge in [0.15, 0.2) is 0 Å². The molecule has 4 rings (SSSR count). The third-order valence-electron chi connectivity index (χ3n) is 4.81. The number of benzene rings is 1. The zero-order valence-electron chi connectivity index (χ0n) is 15.5. The van der Waals surface area contributed by atoms with Crippen molar-refractivity contribution >= 4 is 17.7 Å². The number of hydrogen-bond donors (Lipinski definition) is 1. The van der Waals surface area contributed by atoms with E-state index in [1.54, 1.807) is 24.3 Å². The van der Waals surface area contributed by atoms with Gasteiger partial charge in [-0.15, -0.1) is 0 Å². The van der Waals surface area contributed by atoms with Gasteiger partial charge in [-0.3, -0.25) is 4.79 Å². The molecule has 1 saturated carbocycles. The zero-order valence-corrected chi connectivity index (χ0v) is 15.5. The number of carbonyl (C=O) groups excluding carboxylic acids is 2. The van der Waals surface area contributed by atoms with E-state index in [1.807, 2.05) is 18.2 Å². The molecular formula is C21H23N3O4. The highest BCUT2D eigenvalue weighted by Crippen LogP contribution is 2.24. The van der Waals surface area contributed by atoms with Gasteiger partial charge < -0.3 is 19.7 Å². The summed E-state index contributed by atoms with van der Waals surface area (Å²) in [5.74, 6) is -0.0632. The van der Waals surface area contributed by atoms with Crippen molar-refractivity contribution in [2.45, 2.75) is 25.0 Å². The van der Waals surface area contributed by atoms with E-state index in [4.69, 9.17) is 9.47 Å². The van der Waals surface area contributed by atoms with Crippen molar-refractivity contribution in [3.63, 3.8) is 0 Å². The van der Waals surface area contributed by atoms with Crippen LogP contribution in [0.4, 0.5) is 5.82 Å². The molecule has 28 heavy (non-hydrogen) atoms. The van der Waals surface area contributed by atoms with Gasteiger partial charge in [0.2, 0.25) is 6.10 Å². The lowest BCUT2D eigenvalue weighted by Gasteiger charge is -2.27. The largest absolute Gasteiger partial charge is 0.444 e. The smallest absolute Gasteiger partial charge is 0.340 e. The molecule has 2 heterocycles. The summed E-state index contributed by atoms with van der Waals surface area (Å²) in [5, 5.41) is 2.91. The highest BCUT2D eigenvalue weighted by Gasteiger charge is 2.31. The number of nitrogens with zero attached hydrogens (tertiary/aromatic N) is 2. The maximum atomic E-state index is 12.6. The maximum absolute atomic E-state index is 12.6. The van der Waals surface area contributed by atoms with Gasteiger partial charge in [-0.1, -0.05) is 30.3 Å². The van der Waals surface area contributed by atoms with Crippen molar-refractivity contribution < 1.29 is 19.1 Å². The number of ether oxygens (including phenoxy) is 2. The Bertz CT molecular complexity index is 815. The molecular weight excluding hydrogens is 358 g/mol. The number of amides is 1. The summed E-state index contributed by atoms with van der Waals surface area (Å²) in [6.07, 6.45) is 2.45. The number of morpholine rings is 1. The van der Waals surface area contributed by atoms with Crippen molar-refractivity contribution in [3.8, 4) is 0 Å². The molecule has 1 N–H and O–H groups in total. The molecule has 0 unspecified atom stereocenters. The van der Waals surface area contributed by atoms with Crippen molar-refractivity contribution in [2.75, 3.05) is 31.2 Å². The van der Waals surface area contributed by atoms with Crippen molar-refractivity contribution in [1.29, 1.82) is 0 Å². The molecule has 1 amide bonds. The highest BCUT2D eigenvalue weighted by molar-refractivity contribution is 5.92. The number of esters is 1. The van der Waals surface area contributed by atoms with Crippen LogP contribution in [0.3, 0.4) is 0 Å². The van der Waals surface area contributed by atoms with Crippen molar-refractivity contribution in [1.82, 2.24) is 10.3 Å². The third-order valence-corrected chi connectivity index (χ3v) is 4.81. The Kier molecular flexibility index (Phi) is 5.53. The molecule has 2 aliphatic rings. The number of rotatable bonds is 6. The fourth-order valence-corrected chi connectivity index (χ4v) is 3.07. The van der Waals surface area contributed by atoms with Crippen molar-refractivity contribution in [2.24, 2.45) is 0 Å². The molecule has 0 spiro atoms. The van der Waals surface area contributed by atoms with Crippen molar-refractivity contribution in [3.05, 3.63) is 59.8 Å². The van der Waals surface area contributed by atoms with Gasteiger partial charge in [0, 0.05) is 30.9 Å². The molecule has 146 valence electrons. The summed E-state index contributed by atoms with van der Waals surface area (Å²) in [6, 6.07) is 12.7. The lowest BCUT2D eigenvalue weighted by atomic mass is 10.1. The van der Waals surface area contributed by atoms with E-state index in [0.29, 0.717) is 24.3 Å². The standard InChI is InChI=1S/C21H23N3O4/c25-20(23-17-7-8-17)19(15-4-2-1-3-5-15)28-21(26)16-6-9-18(22-14-16)24-10-12-27-13-11-24/h1-6,9,14,17,19H,7-8,10-13H2,(H,23,25)/t19-/m0/s1. The number of pyridine rings is 1. The molecule has 0 radical (unpaired) electrons. The number of hydrogen-bond acceptors (Lipinski definition) is 6. The van der Waals surface area contributed by atoms with Crippen LogP contribution in [0.5, 0.6) is 0 Å². The van der Waals surface area contributed by atoms with Crippen LogP contribution >= 0.6 is 0 Å². The summed E-state index contributed by atoms with van der Waals surface area (Å²) in [7, 11) is 0. The summed E-state index contributed by atoms with van der Waals surface area (Å²) in [6.45, 7) is 2.88. The molecule has 7 heteroatoms. The second kappa shape index (κ2) is 8.39. The SMILES string of the molecule is O=C(O[C@H](C(=O)NC1CC1)c1ccccc1)c1ccc(N2CCOCC2)nc1. The van der Waals surface area contributed by atoms with Gasteiger partial charge in [-0.2, -0.15) is 0 Å². The summed E-state index contributed by atoms with van der Waals surface area (Å²) >= 11 is 0. The van der Waals surface area contributed by atoms with Gasteiger partial charge in [0.25, 0.3) is 5.91 Å². The summed E-state index contributed by atoms with van der Waals surface area (Å²) in [4.78, 5) is 31.7. The first-order valence-electron chi connectivity index (χ1n) is 9.56. The monoisotopic (exact) mass is 381 g/mol. The van der Waals surface area contributed by atoms with Crippen LogP contribution in [0.1, 0.15) is 34.9 Å². The molecule has 1 aromatic carbocycles. The number of nitrogens with one attached hydrogen (secondary N) is 1. The minimum Gasteiger partial charge on any atom is -0.444 e. The average molecular weight is 381 g/mol. The van der Waals surface area contributed by atoms with Crippen LogP contribution < -0.4 is 10.2 Å². The van der Waals surface area contributed by atoms with Crippen LogP contribution in [-0.2, 0) is 14.3 Å². The third kappa shape index (κ3) is 4.48. The predicted octanol–water partition coefficient (Wildman–Crippen LogP) is 2.09. The number of aromatic nitrogens is 1. The van der Waals surface area contributed by atoms with Gasteiger partial charge >= 0.3 is 5.97 Å².